The third-order valence-electron chi connectivity index (χ3n) is 3.88. The molecule has 0 radical (unpaired) electrons. The quantitative estimate of drug-likeness (QED) is 0.551. The van der Waals surface area contributed by atoms with Gasteiger partial charge in [0.25, 0.3) is 0 Å². The summed E-state index contributed by atoms with van der Waals surface area (Å²) in [6, 6.07) is 14.3. The topological polar surface area (TPSA) is 63.1 Å². The lowest BCUT2D eigenvalue weighted by Gasteiger charge is -2.07. The van der Waals surface area contributed by atoms with Crippen molar-refractivity contribution in [1.29, 1.82) is 0 Å². The molecule has 0 bridgehead atoms. The van der Waals surface area contributed by atoms with Crippen LogP contribution in [0.3, 0.4) is 0 Å². The highest BCUT2D eigenvalue weighted by atomic mass is 19.1. The molecule has 0 aliphatic heterocycles. The van der Waals surface area contributed by atoms with Crippen molar-refractivity contribution in [3.05, 3.63) is 54.4 Å². The molecule has 5 heteroatoms. The molecule has 2 aromatic carbocycles. The molecule has 0 fully saturated rings. The number of fused-ring (bicyclic) bond motifs is 3. The minimum Gasteiger partial charge on any atom is -0.492 e. The summed E-state index contributed by atoms with van der Waals surface area (Å²) in [7, 11) is 0. The second-order valence-corrected chi connectivity index (χ2v) is 5.69. The Labute approximate surface area is 140 Å². The van der Waals surface area contributed by atoms with Crippen molar-refractivity contribution in [3.8, 4) is 5.75 Å². The van der Waals surface area contributed by atoms with Gasteiger partial charge in [0.1, 0.15) is 12.4 Å². The number of nitrogens with two attached hydrogens (primary N) is 1. The molecule has 1 heterocycles. The highest BCUT2D eigenvalue weighted by Gasteiger charge is 2.04. The smallest absolute Gasteiger partial charge is 0.121 e. The molecule has 0 saturated carbocycles. The van der Waals surface area contributed by atoms with Crippen LogP contribution < -0.4 is 15.8 Å². The normalized spacial score (nSPS) is 12.0. The predicted molar refractivity (Wildman–Crippen MR) is 96.8 cm³/mol. The number of H-pyrrole nitrogens is 1. The van der Waals surface area contributed by atoms with Crippen LogP contribution in [0.5, 0.6) is 5.75 Å². The molecule has 4 nitrogen and oxygen atoms in total. The summed E-state index contributed by atoms with van der Waals surface area (Å²) in [5.74, 6) is 0.824. The molecule has 3 aromatic rings. The molecule has 0 saturated heterocycles. The van der Waals surface area contributed by atoms with Gasteiger partial charge in [-0.3, -0.25) is 4.39 Å². The number of benzene rings is 2. The Morgan fingerprint density at radius 2 is 2.00 bits per heavy atom. The maximum Gasteiger partial charge on any atom is 0.121 e. The number of alkyl halides is 1. The van der Waals surface area contributed by atoms with Gasteiger partial charge < -0.3 is 20.8 Å². The summed E-state index contributed by atoms with van der Waals surface area (Å²) >= 11 is 0. The van der Waals surface area contributed by atoms with E-state index in [1.165, 1.54) is 10.8 Å². The number of hydrogen-bond donors (Lipinski definition) is 3. The molecular weight excluding hydrogens is 305 g/mol. The maximum atomic E-state index is 12.0. The maximum absolute atomic E-state index is 12.0. The third kappa shape index (κ3) is 3.79. The zero-order chi connectivity index (χ0) is 16.8. The lowest BCUT2D eigenvalue weighted by atomic mass is 10.1. The summed E-state index contributed by atoms with van der Waals surface area (Å²) in [4.78, 5) is 3.40. The largest absolute Gasteiger partial charge is 0.492 e. The average Bonchev–Trinajstić information content (AvgIpc) is 2.97. The Bertz CT molecular complexity index is 841. The standard InChI is InChI=1S/C19H22FN3O/c20-9-3-4-14(21)13-22-10-11-24-15-7-8-17-16-5-1-2-6-18(16)23-19(17)12-15/h1-2,5-8,12-13,22-23H,3-4,9-11,21H2/b14-13-. The number of para-hydroxylation sites is 1. The van der Waals surface area contributed by atoms with Crippen molar-refractivity contribution in [2.45, 2.75) is 12.8 Å². The molecule has 0 unspecified atom stereocenters. The van der Waals surface area contributed by atoms with E-state index in [4.69, 9.17) is 10.5 Å². The van der Waals surface area contributed by atoms with Crippen molar-refractivity contribution in [1.82, 2.24) is 10.3 Å². The van der Waals surface area contributed by atoms with Gasteiger partial charge in [0, 0.05) is 40.8 Å². The summed E-state index contributed by atoms with van der Waals surface area (Å²) in [5.41, 5.74) is 8.59. The molecule has 3 rings (SSSR count). The second-order valence-electron chi connectivity index (χ2n) is 5.69. The fourth-order valence-electron chi connectivity index (χ4n) is 2.70. The number of aromatic amines is 1. The summed E-state index contributed by atoms with van der Waals surface area (Å²) in [6.45, 7) is 0.827. The molecular formula is C19H22FN3O. The van der Waals surface area contributed by atoms with E-state index in [9.17, 15) is 4.39 Å². The van der Waals surface area contributed by atoms with Crippen molar-refractivity contribution < 1.29 is 9.13 Å². The fraction of sp³-hybridized carbons (Fsp3) is 0.263. The van der Waals surface area contributed by atoms with E-state index < -0.39 is 0 Å². The first kappa shape index (κ1) is 16.2. The van der Waals surface area contributed by atoms with E-state index >= 15 is 0 Å². The minimum atomic E-state index is -0.339. The van der Waals surface area contributed by atoms with Crippen LogP contribution in [0.4, 0.5) is 4.39 Å². The van der Waals surface area contributed by atoms with Gasteiger partial charge in [-0.15, -0.1) is 0 Å². The van der Waals surface area contributed by atoms with E-state index in [-0.39, 0.29) is 6.67 Å². The summed E-state index contributed by atoms with van der Waals surface area (Å²) in [5, 5.41) is 5.49. The highest BCUT2D eigenvalue weighted by molar-refractivity contribution is 6.07. The summed E-state index contributed by atoms with van der Waals surface area (Å²) in [6.07, 6.45) is 2.76. The van der Waals surface area contributed by atoms with Crippen molar-refractivity contribution in [2.24, 2.45) is 5.73 Å². The lowest BCUT2D eigenvalue weighted by Crippen LogP contribution is -2.17. The van der Waals surface area contributed by atoms with Crippen LogP contribution in [0, 0.1) is 0 Å². The van der Waals surface area contributed by atoms with E-state index in [1.54, 1.807) is 6.20 Å². The molecule has 0 atom stereocenters. The van der Waals surface area contributed by atoms with E-state index in [1.807, 2.05) is 24.3 Å². The van der Waals surface area contributed by atoms with Crippen LogP contribution in [0.15, 0.2) is 54.4 Å². The number of aromatic nitrogens is 1. The Hall–Kier alpha value is -2.69. The Kier molecular flexibility index (Phi) is 5.21. The van der Waals surface area contributed by atoms with Gasteiger partial charge in [0.15, 0.2) is 0 Å². The zero-order valence-electron chi connectivity index (χ0n) is 13.5. The number of nitrogens with one attached hydrogen (secondary N) is 2. The minimum absolute atomic E-state index is 0.339. The van der Waals surface area contributed by atoms with Crippen LogP contribution in [0.2, 0.25) is 0 Å². The van der Waals surface area contributed by atoms with Gasteiger partial charge >= 0.3 is 0 Å². The molecule has 126 valence electrons. The molecule has 1 aromatic heterocycles. The SMILES string of the molecule is N/C(=C\NCCOc1ccc2c(c1)[nH]c1ccccc12)CCCF. The Morgan fingerprint density at radius 3 is 2.88 bits per heavy atom. The molecule has 0 amide bonds. The zero-order valence-corrected chi connectivity index (χ0v) is 13.5. The van der Waals surface area contributed by atoms with Gasteiger partial charge in [-0.1, -0.05) is 18.2 Å². The van der Waals surface area contributed by atoms with E-state index in [0.717, 1.165) is 16.8 Å². The Balaban J connectivity index is 1.55. The van der Waals surface area contributed by atoms with E-state index in [2.05, 4.69) is 28.5 Å². The van der Waals surface area contributed by atoms with Gasteiger partial charge in [-0.2, -0.15) is 0 Å². The van der Waals surface area contributed by atoms with Gasteiger partial charge in [0.2, 0.25) is 0 Å². The number of halogens is 1. The number of hydrogen-bond acceptors (Lipinski definition) is 3. The second kappa shape index (κ2) is 7.73. The predicted octanol–water partition coefficient (Wildman–Crippen LogP) is 3.84. The van der Waals surface area contributed by atoms with Gasteiger partial charge in [-0.05, 0) is 31.0 Å². The Morgan fingerprint density at radius 1 is 1.17 bits per heavy atom. The number of ether oxygens (including phenoxy) is 1. The first-order valence-corrected chi connectivity index (χ1v) is 8.15. The molecule has 24 heavy (non-hydrogen) atoms. The first-order chi connectivity index (χ1) is 11.8. The van der Waals surface area contributed by atoms with Crippen LogP contribution >= 0.6 is 0 Å². The van der Waals surface area contributed by atoms with Crippen LogP contribution in [0.1, 0.15) is 12.8 Å². The molecule has 0 aliphatic carbocycles. The first-order valence-electron chi connectivity index (χ1n) is 8.15. The van der Waals surface area contributed by atoms with Crippen LogP contribution in [-0.4, -0.2) is 24.8 Å². The summed E-state index contributed by atoms with van der Waals surface area (Å²) < 4.78 is 17.8. The van der Waals surface area contributed by atoms with Crippen molar-refractivity contribution in [3.63, 3.8) is 0 Å². The van der Waals surface area contributed by atoms with Crippen molar-refractivity contribution >= 4 is 21.8 Å². The molecule has 0 aliphatic rings. The van der Waals surface area contributed by atoms with Crippen LogP contribution in [-0.2, 0) is 0 Å². The average molecular weight is 327 g/mol. The van der Waals surface area contributed by atoms with Crippen LogP contribution in [0.25, 0.3) is 21.8 Å². The molecule has 4 N–H and O–H groups in total. The van der Waals surface area contributed by atoms with Gasteiger partial charge in [-0.25, -0.2) is 0 Å². The molecule has 0 spiro atoms. The fourth-order valence-corrected chi connectivity index (χ4v) is 2.70. The monoisotopic (exact) mass is 327 g/mol. The number of allylic oxidation sites excluding steroid dienone is 1. The third-order valence-corrected chi connectivity index (χ3v) is 3.88. The van der Waals surface area contributed by atoms with Crippen molar-refractivity contribution in [2.75, 3.05) is 19.8 Å². The lowest BCUT2D eigenvalue weighted by molar-refractivity contribution is 0.321. The van der Waals surface area contributed by atoms with E-state index in [0.29, 0.717) is 31.7 Å². The highest BCUT2D eigenvalue weighted by Crippen LogP contribution is 2.27. The van der Waals surface area contributed by atoms with Gasteiger partial charge in [0.05, 0.1) is 12.2 Å². The number of rotatable bonds is 8.